The Morgan fingerprint density at radius 1 is 0.511 bits per heavy atom. The van der Waals surface area contributed by atoms with Gasteiger partial charge in [0.05, 0.1) is 50.5 Å². The second-order valence-electron chi connectivity index (χ2n) is 8.68. The van der Waals surface area contributed by atoms with Crippen LogP contribution in [0.1, 0.15) is 13.8 Å². The Morgan fingerprint density at radius 2 is 0.689 bits per heavy atom. The summed E-state index contributed by atoms with van der Waals surface area (Å²) in [6.07, 6.45) is 2.23. The fourth-order valence-electron chi connectivity index (χ4n) is 1.54. The van der Waals surface area contributed by atoms with Gasteiger partial charge in [-0.25, -0.2) is 28.8 Å². The molecule has 256 valence electrons. The summed E-state index contributed by atoms with van der Waals surface area (Å²) in [5.74, 6) is -6.24. The number of ether oxygens (including phenoxy) is 2. The van der Waals surface area contributed by atoms with Crippen molar-refractivity contribution >= 4 is 58.9 Å². The van der Waals surface area contributed by atoms with Crippen LogP contribution in [0, 0.1) is 10.8 Å². The molecule has 19 heteroatoms. The van der Waals surface area contributed by atoms with Crippen molar-refractivity contribution in [1.29, 1.82) is 0 Å². The molecule has 0 heterocycles. The van der Waals surface area contributed by atoms with Crippen LogP contribution in [0.4, 0.5) is 0 Å². The summed E-state index contributed by atoms with van der Waals surface area (Å²) >= 11 is 0. The van der Waals surface area contributed by atoms with Gasteiger partial charge in [-0.1, -0.05) is 13.2 Å². The molecule has 0 rings (SSSR count). The highest BCUT2D eigenvalue weighted by molar-refractivity contribution is 5.90. The lowest BCUT2D eigenvalue weighted by Gasteiger charge is -2.26. The van der Waals surface area contributed by atoms with Crippen LogP contribution >= 0.6 is 0 Å². The molecule has 0 bridgehead atoms. The van der Waals surface area contributed by atoms with Crippen molar-refractivity contribution < 1.29 is 89.3 Å². The van der Waals surface area contributed by atoms with Crippen molar-refractivity contribution in [2.45, 2.75) is 13.8 Å². The number of carboxylic acid groups (broad SMARTS) is 4. The topological polar surface area (TPSA) is 323 Å². The molecule has 0 amide bonds. The Bertz CT molecular complexity index is 881. The number of hydrogen-bond donors (Lipinski definition) is 10. The summed E-state index contributed by atoms with van der Waals surface area (Å²) in [5, 5.41) is 84.6. The standard InChI is InChI=1S/2C9H16O5.2C4H4O4.Mg.2H/c2*1-7(2)8(13)14-6-9(3-10,4-11)5-12;2*5-3(6)1-2-4(7)8;;;/h2*10-12H,1,3-6H2,2H3;2*1-2H,(H,5,6)(H,7,8);;;/b;;2*2-1-;;;. The van der Waals surface area contributed by atoms with Gasteiger partial charge in [0.25, 0.3) is 0 Å². The minimum atomic E-state index is -1.26. The molecule has 0 aliphatic heterocycles. The summed E-state index contributed by atoms with van der Waals surface area (Å²) in [6, 6.07) is 0. The van der Waals surface area contributed by atoms with Gasteiger partial charge >= 0.3 is 58.9 Å². The molecule has 18 nitrogen and oxygen atoms in total. The number of carboxylic acids is 4. The molecule has 0 aromatic rings. The first-order valence-electron chi connectivity index (χ1n) is 11.9. The SMILES string of the molecule is C=C(C)C(=O)OCC(CO)(CO)CO.C=C(C)C(=O)OCC(CO)(CO)CO.O=C(O)/C=C\C(=O)O.O=C(O)/C=C\C(=O)O.[MgH2]. The van der Waals surface area contributed by atoms with Crippen LogP contribution in [0.5, 0.6) is 0 Å². The number of carbonyl (C=O) groups is 6. The minimum Gasteiger partial charge on any atom is -0.478 e. The molecule has 0 spiro atoms. The first kappa shape index (κ1) is 50.9. The molecule has 0 aromatic carbocycles. The Balaban J connectivity index is -0.000000162. The van der Waals surface area contributed by atoms with Crippen LogP contribution in [0.25, 0.3) is 0 Å². The third kappa shape index (κ3) is 30.1. The summed E-state index contributed by atoms with van der Waals surface area (Å²) in [6.45, 7) is 6.52. The molecule has 0 saturated heterocycles. The normalized spacial score (nSPS) is 10.3. The molecule has 0 aliphatic carbocycles. The van der Waals surface area contributed by atoms with Crippen LogP contribution in [-0.2, 0) is 38.2 Å². The second-order valence-corrected chi connectivity index (χ2v) is 8.68. The number of rotatable bonds is 16. The maximum atomic E-state index is 11.0. The summed E-state index contributed by atoms with van der Waals surface area (Å²) in [5.41, 5.74) is -1.89. The highest BCUT2D eigenvalue weighted by atomic mass is 24.3. The van der Waals surface area contributed by atoms with Crippen LogP contribution in [0.15, 0.2) is 48.6 Å². The smallest absolute Gasteiger partial charge is 0.333 e. The molecule has 0 aliphatic rings. The van der Waals surface area contributed by atoms with E-state index in [0.717, 1.165) is 0 Å². The third-order valence-electron chi connectivity index (χ3n) is 4.47. The number of aliphatic hydroxyl groups is 6. The highest BCUT2D eigenvalue weighted by Gasteiger charge is 2.31. The predicted molar refractivity (Wildman–Crippen MR) is 156 cm³/mol. The number of esters is 2. The number of aliphatic hydroxyl groups excluding tert-OH is 6. The lowest BCUT2D eigenvalue weighted by molar-refractivity contribution is -0.147. The molecule has 0 fully saturated rings. The van der Waals surface area contributed by atoms with E-state index in [4.69, 9.17) is 60.5 Å². The van der Waals surface area contributed by atoms with E-state index in [2.05, 4.69) is 13.2 Å². The van der Waals surface area contributed by atoms with Crippen molar-refractivity contribution in [3.8, 4) is 0 Å². The Labute approximate surface area is 274 Å². The molecule has 0 saturated carbocycles. The Hall–Kier alpha value is -3.69. The lowest BCUT2D eigenvalue weighted by Crippen LogP contribution is -2.39. The van der Waals surface area contributed by atoms with Gasteiger partial charge in [0.2, 0.25) is 0 Å². The van der Waals surface area contributed by atoms with Crippen LogP contribution in [-0.4, -0.2) is 163 Å². The second kappa shape index (κ2) is 29.0. The molecule has 0 unspecified atom stereocenters. The van der Waals surface area contributed by atoms with Gasteiger partial charge in [0, 0.05) is 35.5 Å². The molecular weight excluding hydrogens is 625 g/mol. The van der Waals surface area contributed by atoms with Gasteiger partial charge in [-0.2, -0.15) is 0 Å². The van der Waals surface area contributed by atoms with E-state index in [0.29, 0.717) is 24.3 Å². The fourth-order valence-corrected chi connectivity index (χ4v) is 1.54. The van der Waals surface area contributed by atoms with E-state index >= 15 is 0 Å². The van der Waals surface area contributed by atoms with E-state index < -0.39 is 86.3 Å². The van der Waals surface area contributed by atoms with Gasteiger partial charge in [0.1, 0.15) is 13.2 Å². The summed E-state index contributed by atoms with van der Waals surface area (Å²) < 4.78 is 9.45. The van der Waals surface area contributed by atoms with E-state index in [1.54, 1.807) is 0 Å². The number of carbonyl (C=O) groups excluding carboxylic acids is 2. The summed E-state index contributed by atoms with van der Waals surface area (Å²) in [4.78, 5) is 60.2. The third-order valence-corrected chi connectivity index (χ3v) is 4.47. The van der Waals surface area contributed by atoms with Crippen LogP contribution < -0.4 is 0 Å². The summed E-state index contributed by atoms with van der Waals surface area (Å²) in [7, 11) is 0. The average molecular weight is 667 g/mol. The van der Waals surface area contributed by atoms with Crippen molar-refractivity contribution in [2.24, 2.45) is 10.8 Å². The molecule has 0 atom stereocenters. The zero-order chi connectivity index (χ0) is 35.5. The van der Waals surface area contributed by atoms with Crippen molar-refractivity contribution in [3.63, 3.8) is 0 Å². The predicted octanol–water partition coefficient (Wildman–Crippen LogP) is -3.35. The number of hydrogen-bond acceptors (Lipinski definition) is 14. The van der Waals surface area contributed by atoms with E-state index in [9.17, 15) is 28.8 Å². The molecule has 10 N–H and O–H groups in total. The molecule has 45 heavy (non-hydrogen) atoms. The van der Waals surface area contributed by atoms with Gasteiger partial charge < -0.3 is 60.5 Å². The van der Waals surface area contributed by atoms with Crippen LogP contribution in [0.3, 0.4) is 0 Å². The minimum absolute atomic E-state index is 0. The van der Waals surface area contributed by atoms with Gasteiger partial charge in [-0.3, -0.25) is 0 Å². The quantitative estimate of drug-likeness (QED) is 0.0437. The van der Waals surface area contributed by atoms with Gasteiger partial charge in [-0.05, 0) is 13.8 Å². The van der Waals surface area contributed by atoms with E-state index in [1.165, 1.54) is 13.8 Å². The first-order valence-corrected chi connectivity index (χ1v) is 11.9. The van der Waals surface area contributed by atoms with E-state index in [1.807, 2.05) is 0 Å². The zero-order valence-corrected chi connectivity index (χ0v) is 24.1. The molecule has 0 aromatic heterocycles. The van der Waals surface area contributed by atoms with Crippen LogP contribution in [0.2, 0.25) is 0 Å². The van der Waals surface area contributed by atoms with E-state index in [-0.39, 0.29) is 47.4 Å². The fraction of sp³-hybridized carbons (Fsp3) is 0.462. The highest BCUT2D eigenvalue weighted by Crippen LogP contribution is 2.16. The van der Waals surface area contributed by atoms with Gasteiger partial charge in [-0.15, -0.1) is 0 Å². The first-order chi connectivity index (χ1) is 20.3. The molecular formula is C26H42MgO18. The number of aliphatic carboxylic acids is 4. The monoisotopic (exact) mass is 666 g/mol. The maximum Gasteiger partial charge on any atom is 0.333 e. The van der Waals surface area contributed by atoms with Crippen molar-refractivity contribution in [3.05, 3.63) is 48.6 Å². The zero-order valence-electron chi connectivity index (χ0n) is 24.1. The lowest BCUT2D eigenvalue weighted by atomic mass is 9.92. The van der Waals surface area contributed by atoms with Gasteiger partial charge in [0.15, 0.2) is 0 Å². The van der Waals surface area contributed by atoms with Crippen molar-refractivity contribution in [2.75, 3.05) is 52.9 Å². The Morgan fingerprint density at radius 3 is 0.800 bits per heavy atom. The Kier molecular flexibility index (Phi) is 32.9. The largest absolute Gasteiger partial charge is 0.478 e. The molecule has 0 radical (unpaired) electrons. The van der Waals surface area contributed by atoms with Crippen molar-refractivity contribution in [1.82, 2.24) is 0 Å². The maximum absolute atomic E-state index is 11.0. The average Bonchev–Trinajstić information content (AvgIpc) is 2.97.